The maximum absolute atomic E-state index is 11.9. The van der Waals surface area contributed by atoms with E-state index in [4.69, 9.17) is 0 Å². The molecule has 4 nitrogen and oxygen atoms in total. The molecule has 2 aromatic rings. The minimum atomic E-state index is 0.0200. The molecule has 21 heavy (non-hydrogen) atoms. The Morgan fingerprint density at radius 3 is 2.57 bits per heavy atom. The van der Waals surface area contributed by atoms with E-state index in [-0.39, 0.29) is 5.91 Å². The number of benzene rings is 1. The van der Waals surface area contributed by atoms with Gasteiger partial charge in [-0.05, 0) is 58.6 Å². The first kappa shape index (κ1) is 14.1. The number of nitrogens with zero attached hydrogens (tertiary/aromatic N) is 1. The lowest BCUT2D eigenvalue weighted by atomic mass is 10.1. The fourth-order valence-electron chi connectivity index (χ4n) is 1.94. The average molecular weight is 346 g/mol. The molecular weight excluding hydrogens is 330 g/mol. The van der Waals surface area contributed by atoms with Crippen LogP contribution in [0.15, 0.2) is 47.1 Å². The number of rotatable bonds is 5. The van der Waals surface area contributed by atoms with Gasteiger partial charge in [0.05, 0.1) is 0 Å². The maximum Gasteiger partial charge on any atom is 0.251 e. The number of pyridine rings is 1. The van der Waals surface area contributed by atoms with Gasteiger partial charge in [0.25, 0.3) is 5.91 Å². The highest BCUT2D eigenvalue weighted by Gasteiger charge is 2.23. The number of carbonyl (C=O) groups excluding carboxylic acids is 1. The molecule has 1 aromatic heterocycles. The molecule has 1 fully saturated rings. The first-order chi connectivity index (χ1) is 10.2. The lowest BCUT2D eigenvalue weighted by Gasteiger charge is -2.07. The van der Waals surface area contributed by atoms with Crippen LogP contribution in [-0.4, -0.2) is 16.9 Å². The fraction of sp³-hybridized carbons (Fsp3) is 0.250. The van der Waals surface area contributed by atoms with Gasteiger partial charge in [0.15, 0.2) is 0 Å². The van der Waals surface area contributed by atoms with Crippen molar-refractivity contribution >= 4 is 27.7 Å². The molecule has 1 saturated carbocycles. The summed E-state index contributed by atoms with van der Waals surface area (Å²) in [6.07, 6.45) is 3.97. The summed E-state index contributed by atoms with van der Waals surface area (Å²) in [5, 5.41) is 6.23. The largest absolute Gasteiger partial charge is 0.366 e. The van der Waals surface area contributed by atoms with E-state index in [1.165, 1.54) is 0 Å². The molecule has 108 valence electrons. The number of amides is 1. The van der Waals surface area contributed by atoms with Gasteiger partial charge in [0.2, 0.25) is 0 Å². The summed E-state index contributed by atoms with van der Waals surface area (Å²) < 4.78 is 0.957. The number of hydrogen-bond donors (Lipinski definition) is 2. The molecule has 2 N–H and O–H groups in total. The number of aromatic nitrogens is 1. The van der Waals surface area contributed by atoms with Crippen molar-refractivity contribution in [2.24, 2.45) is 0 Å². The summed E-state index contributed by atoms with van der Waals surface area (Å²) >= 11 is 3.36. The summed E-state index contributed by atoms with van der Waals surface area (Å²) in [6, 6.07) is 11.9. The van der Waals surface area contributed by atoms with Gasteiger partial charge in [-0.2, -0.15) is 0 Å². The van der Waals surface area contributed by atoms with Gasteiger partial charge in [0, 0.05) is 28.8 Å². The molecule has 0 unspecified atom stereocenters. The Balaban J connectivity index is 1.56. The predicted molar refractivity (Wildman–Crippen MR) is 86.2 cm³/mol. The highest BCUT2D eigenvalue weighted by atomic mass is 79.9. The van der Waals surface area contributed by atoms with Gasteiger partial charge in [0.1, 0.15) is 5.82 Å². The van der Waals surface area contributed by atoms with Crippen LogP contribution in [0, 0.1) is 0 Å². The van der Waals surface area contributed by atoms with Gasteiger partial charge in [-0.25, -0.2) is 4.98 Å². The average Bonchev–Trinajstić information content (AvgIpc) is 3.31. The van der Waals surface area contributed by atoms with Crippen molar-refractivity contribution in [3.8, 4) is 0 Å². The van der Waals surface area contributed by atoms with Gasteiger partial charge in [-0.3, -0.25) is 4.79 Å². The highest BCUT2D eigenvalue weighted by molar-refractivity contribution is 9.10. The van der Waals surface area contributed by atoms with Crippen molar-refractivity contribution in [1.29, 1.82) is 0 Å². The summed E-state index contributed by atoms with van der Waals surface area (Å²) in [5.74, 6) is 0.848. The van der Waals surface area contributed by atoms with Crippen LogP contribution in [0.1, 0.15) is 28.8 Å². The normalized spacial score (nSPS) is 13.8. The summed E-state index contributed by atoms with van der Waals surface area (Å²) in [6.45, 7) is 0.680. The third-order valence-corrected chi connectivity index (χ3v) is 3.80. The molecule has 3 rings (SSSR count). The van der Waals surface area contributed by atoms with Gasteiger partial charge in [-0.15, -0.1) is 0 Å². The minimum absolute atomic E-state index is 0.0200. The van der Waals surface area contributed by atoms with Crippen LogP contribution in [0.3, 0.4) is 0 Å². The van der Waals surface area contributed by atoms with E-state index in [1.807, 2.05) is 36.4 Å². The van der Waals surface area contributed by atoms with Crippen molar-refractivity contribution in [2.75, 3.05) is 5.32 Å². The monoisotopic (exact) mass is 345 g/mol. The van der Waals surface area contributed by atoms with E-state index in [9.17, 15) is 4.79 Å². The van der Waals surface area contributed by atoms with Crippen LogP contribution in [0.25, 0.3) is 0 Å². The summed E-state index contributed by atoms with van der Waals surface area (Å²) in [7, 11) is 0. The van der Waals surface area contributed by atoms with Crippen molar-refractivity contribution < 1.29 is 4.79 Å². The zero-order valence-corrected chi connectivity index (χ0v) is 13.1. The van der Waals surface area contributed by atoms with Gasteiger partial charge < -0.3 is 10.6 Å². The summed E-state index contributed by atoms with van der Waals surface area (Å²) in [5.41, 5.74) is 1.83. The SMILES string of the molecule is O=C(NC1CC1)c1ccc(CNc2ccc(Br)cn2)cc1. The van der Waals surface area contributed by atoms with Crippen LogP contribution < -0.4 is 10.6 Å². The molecule has 0 bridgehead atoms. The van der Waals surface area contributed by atoms with E-state index in [1.54, 1.807) is 6.20 Å². The topological polar surface area (TPSA) is 54.0 Å². The molecule has 1 amide bonds. The molecule has 1 aliphatic carbocycles. The zero-order valence-electron chi connectivity index (χ0n) is 11.5. The second-order valence-corrected chi connectivity index (χ2v) is 6.08. The van der Waals surface area contributed by atoms with Crippen molar-refractivity contribution in [3.05, 3.63) is 58.2 Å². The lowest BCUT2D eigenvalue weighted by molar-refractivity contribution is 0.0951. The van der Waals surface area contributed by atoms with Gasteiger partial charge >= 0.3 is 0 Å². The van der Waals surface area contributed by atoms with E-state index >= 15 is 0 Å². The first-order valence-electron chi connectivity index (χ1n) is 6.96. The number of halogens is 1. The van der Waals surface area contributed by atoms with Crippen LogP contribution in [0.5, 0.6) is 0 Å². The fourth-order valence-corrected chi connectivity index (χ4v) is 2.18. The van der Waals surface area contributed by atoms with Crippen LogP contribution in [-0.2, 0) is 6.54 Å². The molecule has 0 aliphatic heterocycles. The Bertz CT molecular complexity index is 621. The van der Waals surface area contributed by atoms with E-state index < -0.39 is 0 Å². The molecule has 5 heteroatoms. The number of hydrogen-bond acceptors (Lipinski definition) is 3. The Hall–Kier alpha value is -1.88. The van der Waals surface area contributed by atoms with E-state index in [0.717, 1.165) is 28.7 Å². The van der Waals surface area contributed by atoms with Crippen LogP contribution in [0.4, 0.5) is 5.82 Å². The minimum Gasteiger partial charge on any atom is -0.366 e. The molecule has 0 saturated heterocycles. The predicted octanol–water partition coefficient (Wildman–Crippen LogP) is 3.35. The molecule has 1 aromatic carbocycles. The molecular formula is C16H16BrN3O. The Morgan fingerprint density at radius 1 is 1.19 bits per heavy atom. The van der Waals surface area contributed by atoms with Crippen LogP contribution in [0.2, 0.25) is 0 Å². The van der Waals surface area contributed by atoms with E-state index in [2.05, 4.69) is 31.5 Å². The quantitative estimate of drug-likeness (QED) is 0.873. The third-order valence-electron chi connectivity index (χ3n) is 3.33. The second kappa shape index (κ2) is 6.26. The molecule has 0 atom stereocenters. The number of nitrogens with one attached hydrogen (secondary N) is 2. The standard InChI is InChI=1S/C16H16BrN3O/c17-13-5-8-15(19-10-13)18-9-11-1-3-12(4-2-11)16(21)20-14-6-7-14/h1-5,8,10,14H,6-7,9H2,(H,18,19)(H,20,21). The third kappa shape index (κ3) is 4.04. The van der Waals surface area contributed by atoms with Crippen molar-refractivity contribution in [3.63, 3.8) is 0 Å². The first-order valence-corrected chi connectivity index (χ1v) is 7.75. The molecule has 0 radical (unpaired) electrons. The zero-order chi connectivity index (χ0) is 14.7. The Labute approximate surface area is 132 Å². The smallest absolute Gasteiger partial charge is 0.251 e. The number of carbonyl (C=O) groups is 1. The van der Waals surface area contributed by atoms with E-state index in [0.29, 0.717) is 18.2 Å². The summed E-state index contributed by atoms with van der Waals surface area (Å²) in [4.78, 5) is 16.1. The van der Waals surface area contributed by atoms with Gasteiger partial charge in [-0.1, -0.05) is 12.1 Å². The number of anilines is 1. The highest BCUT2D eigenvalue weighted by Crippen LogP contribution is 2.19. The lowest BCUT2D eigenvalue weighted by Crippen LogP contribution is -2.25. The molecule has 0 spiro atoms. The molecule has 1 heterocycles. The van der Waals surface area contributed by atoms with Crippen LogP contribution >= 0.6 is 15.9 Å². The second-order valence-electron chi connectivity index (χ2n) is 5.16. The Kier molecular flexibility index (Phi) is 4.20. The maximum atomic E-state index is 11.9. The van der Waals surface area contributed by atoms with Crippen molar-refractivity contribution in [2.45, 2.75) is 25.4 Å². The Morgan fingerprint density at radius 2 is 1.95 bits per heavy atom. The molecule has 1 aliphatic rings. The van der Waals surface area contributed by atoms with Crippen molar-refractivity contribution in [1.82, 2.24) is 10.3 Å².